The Balaban J connectivity index is 1.97. The van der Waals surface area contributed by atoms with Crippen LogP contribution in [0.2, 0.25) is 0 Å². The number of ether oxygens (including phenoxy) is 1. The lowest BCUT2D eigenvalue weighted by Gasteiger charge is -2.12. The zero-order valence-corrected chi connectivity index (χ0v) is 14.5. The van der Waals surface area contributed by atoms with Gasteiger partial charge in [0.1, 0.15) is 5.82 Å². The van der Waals surface area contributed by atoms with Crippen LogP contribution in [0.25, 0.3) is 21.9 Å². The van der Waals surface area contributed by atoms with Crippen molar-refractivity contribution in [1.29, 1.82) is 0 Å². The van der Waals surface area contributed by atoms with Crippen molar-refractivity contribution >= 4 is 10.8 Å². The van der Waals surface area contributed by atoms with Gasteiger partial charge in [-0.3, -0.25) is 0 Å². The summed E-state index contributed by atoms with van der Waals surface area (Å²) in [6.45, 7) is 2.09. The molecule has 3 aromatic carbocycles. The zero-order valence-electron chi connectivity index (χ0n) is 14.5. The molecule has 0 saturated heterocycles. The molecular weight excluding hydrogens is 363 g/mol. The lowest BCUT2D eigenvalue weighted by molar-refractivity contribution is -0.275. The largest absolute Gasteiger partial charge is 0.573 e. The van der Waals surface area contributed by atoms with Crippen LogP contribution in [0, 0.1) is 11.6 Å². The van der Waals surface area contributed by atoms with Gasteiger partial charge in [0.2, 0.25) is 0 Å². The summed E-state index contributed by atoms with van der Waals surface area (Å²) in [5.41, 5.74) is 1.36. The molecule has 0 saturated carbocycles. The minimum absolute atomic E-state index is 0.112. The molecule has 3 aromatic rings. The van der Waals surface area contributed by atoms with E-state index in [-0.39, 0.29) is 11.1 Å². The van der Waals surface area contributed by atoms with Gasteiger partial charge in [0.05, 0.1) is 0 Å². The van der Waals surface area contributed by atoms with Gasteiger partial charge in [-0.25, -0.2) is 8.78 Å². The Morgan fingerprint density at radius 2 is 1.70 bits per heavy atom. The quantitative estimate of drug-likeness (QED) is 0.432. The highest BCUT2D eigenvalue weighted by molar-refractivity contribution is 5.88. The molecule has 0 unspecified atom stereocenters. The Hall–Kier alpha value is -2.63. The Bertz CT molecular complexity index is 963. The summed E-state index contributed by atoms with van der Waals surface area (Å²) in [4.78, 5) is 0. The van der Waals surface area contributed by atoms with Gasteiger partial charge in [-0.15, -0.1) is 13.2 Å². The van der Waals surface area contributed by atoms with Crippen molar-refractivity contribution in [3.63, 3.8) is 0 Å². The highest BCUT2D eigenvalue weighted by atomic mass is 19.4. The summed E-state index contributed by atoms with van der Waals surface area (Å²) in [5.74, 6) is -2.70. The predicted octanol–water partition coefficient (Wildman–Crippen LogP) is 7.03. The molecule has 0 bridgehead atoms. The van der Waals surface area contributed by atoms with E-state index in [0.29, 0.717) is 5.39 Å². The molecule has 0 radical (unpaired) electrons. The number of hydrogen-bond donors (Lipinski definition) is 0. The summed E-state index contributed by atoms with van der Waals surface area (Å²) >= 11 is 0. The number of benzene rings is 3. The Labute approximate surface area is 153 Å². The average molecular weight is 380 g/mol. The van der Waals surface area contributed by atoms with Crippen LogP contribution in [0.15, 0.2) is 48.5 Å². The van der Waals surface area contributed by atoms with Crippen LogP contribution in [0.3, 0.4) is 0 Å². The molecule has 0 amide bonds. The molecule has 0 spiro atoms. The minimum atomic E-state index is -4.99. The van der Waals surface area contributed by atoms with Crippen LogP contribution < -0.4 is 4.74 Å². The highest BCUT2D eigenvalue weighted by Crippen LogP contribution is 2.33. The Morgan fingerprint density at radius 3 is 2.37 bits per heavy atom. The fraction of sp³-hybridized carbons (Fsp3) is 0.238. The van der Waals surface area contributed by atoms with E-state index < -0.39 is 23.7 Å². The van der Waals surface area contributed by atoms with Gasteiger partial charge >= 0.3 is 6.36 Å². The maximum Gasteiger partial charge on any atom is 0.573 e. The minimum Gasteiger partial charge on any atom is -0.403 e. The lowest BCUT2D eigenvalue weighted by atomic mass is 9.97. The van der Waals surface area contributed by atoms with Crippen molar-refractivity contribution < 1.29 is 26.7 Å². The number of aryl methyl sites for hydroxylation is 1. The summed E-state index contributed by atoms with van der Waals surface area (Å²) < 4.78 is 69.2. The molecule has 0 atom stereocenters. The second-order valence-corrected chi connectivity index (χ2v) is 6.28. The molecule has 1 nitrogen and oxygen atoms in total. The van der Waals surface area contributed by atoms with Crippen LogP contribution in [0.5, 0.6) is 5.75 Å². The SMILES string of the molecule is CCCCc1ccc2c(F)c(-c3ccc(OC(F)(F)F)c(F)c3)ccc2c1. The van der Waals surface area contributed by atoms with Gasteiger partial charge in [-0.05, 0) is 41.5 Å². The van der Waals surface area contributed by atoms with Crippen molar-refractivity contribution in [3.05, 3.63) is 65.7 Å². The second kappa shape index (κ2) is 7.55. The number of hydrogen-bond acceptors (Lipinski definition) is 1. The number of halogens is 5. The van der Waals surface area contributed by atoms with E-state index in [0.717, 1.165) is 42.3 Å². The Kier molecular flexibility index (Phi) is 5.35. The third-order valence-corrected chi connectivity index (χ3v) is 4.31. The molecule has 142 valence electrons. The maximum absolute atomic E-state index is 14.9. The summed E-state index contributed by atoms with van der Waals surface area (Å²) in [7, 11) is 0. The molecule has 3 rings (SSSR count). The van der Waals surface area contributed by atoms with Crippen LogP contribution in [0.1, 0.15) is 25.3 Å². The number of fused-ring (bicyclic) bond motifs is 1. The fourth-order valence-electron chi connectivity index (χ4n) is 2.98. The Morgan fingerprint density at radius 1 is 0.926 bits per heavy atom. The van der Waals surface area contributed by atoms with E-state index in [2.05, 4.69) is 11.7 Å². The first-order chi connectivity index (χ1) is 12.8. The van der Waals surface area contributed by atoms with Crippen molar-refractivity contribution in [3.8, 4) is 16.9 Å². The number of rotatable bonds is 5. The van der Waals surface area contributed by atoms with Crippen LogP contribution in [-0.2, 0) is 6.42 Å². The van der Waals surface area contributed by atoms with Gasteiger partial charge in [0.25, 0.3) is 0 Å². The van der Waals surface area contributed by atoms with E-state index in [9.17, 15) is 22.0 Å². The van der Waals surface area contributed by atoms with Crippen molar-refractivity contribution in [2.75, 3.05) is 0 Å². The van der Waals surface area contributed by atoms with Crippen molar-refractivity contribution in [2.45, 2.75) is 32.5 Å². The first-order valence-electron chi connectivity index (χ1n) is 8.55. The average Bonchev–Trinajstić information content (AvgIpc) is 2.61. The molecule has 6 heteroatoms. The predicted molar refractivity (Wildman–Crippen MR) is 94.6 cm³/mol. The first-order valence-corrected chi connectivity index (χ1v) is 8.55. The van der Waals surface area contributed by atoms with Gasteiger partial charge in [-0.1, -0.05) is 49.7 Å². The first kappa shape index (κ1) is 19.1. The molecule has 0 aliphatic heterocycles. The van der Waals surface area contributed by atoms with Crippen LogP contribution in [-0.4, -0.2) is 6.36 Å². The van der Waals surface area contributed by atoms with E-state index in [4.69, 9.17) is 0 Å². The van der Waals surface area contributed by atoms with Gasteiger partial charge in [0, 0.05) is 10.9 Å². The summed E-state index contributed by atoms with van der Waals surface area (Å²) in [5, 5.41) is 1.10. The smallest absolute Gasteiger partial charge is 0.403 e. The molecule has 27 heavy (non-hydrogen) atoms. The maximum atomic E-state index is 14.9. The van der Waals surface area contributed by atoms with Gasteiger partial charge in [-0.2, -0.15) is 0 Å². The van der Waals surface area contributed by atoms with E-state index in [1.807, 2.05) is 12.1 Å². The molecule has 0 aromatic heterocycles. The molecule has 0 heterocycles. The van der Waals surface area contributed by atoms with E-state index in [1.165, 1.54) is 12.1 Å². The monoisotopic (exact) mass is 380 g/mol. The highest BCUT2D eigenvalue weighted by Gasteiger charge is 2.32. The summed E-state index contributed by atoms with van der Waals surface area (Å²) in [6, 6.07) is 11.5. The molecule has 0 aliphatic rings. The molecule has 0 N–H and O–H groups in total. The topological polar surface area (TPSA) is 9.23 Å². The van der Waals surface area contributed by atoms with Crippen molar-refractivity contribution in [2.24, 2.45) is 0 Å². The molecular formula is C21H17F5O. The third-order valence-electron chi connectivity index (χ3n) is 4.31. The fourth-order valence-corrected chi connectivity index (χ4v) is 2.98. The van der Waals surface area contributed by atoms with Crippen LogP contribution >= 0.6 is 0 Å². The van der Waals surface area contributed by atoms with Gasteiger partial charge < -0.3 is 4.74 Å². The number of unbranched alkanes of at least 4 members (excludes halogenated alkanes) is 1. The normalized spacial score (nSPS) is 11.8. The van der Waals surface area contributed by atoms with E-state index in [1.54, 1.807) is 12.1 Å². The van der Waals surface area contributed by atoms with Gasteiger partial charge in [0.15, 0.2) is 11.6 Å². The number of alkyl halides is 3. The zero-order chi connectivity index (χ0) is 19.6. The summed E-state index contributed by atoms with van der Waals surface area (Å²) in [6.07, 6.45) is -1.99. The molecule has 0 aliphatic carbocycles. The second-order valence-electron chi connectivity index (χ2n) is 6.28. The van der Waals surface area contributed by atoms with Crippen LogP contribution in [0.4, 0.5) is 22.0 Å². The standard InChI is InChI=1S/C21H17F5O/c1-2-3-4-13-5-8-16-14(11-13)6-9-17(20(16)23)15-7-10-19(18(22)12-15)27-21(24,25)26/h5-12H,2-4H2,1H3. The van der Waals surface area contributed by atoms with E-state index >= 15 is 0 Å². The van der Waals surface area contributed by atoms with Crippen molar-refractivity contribution in [1.82, 2.24) is 0 Å². The lowest BCUT2D eigenvalue weighted by Crippen LogP contribution is -2.17. The molecule has 0 fully saturated rings. The third kappa shape index (κ3) is 4.38.